The minimum atomic E-state index is -3.88. The second kappa shape index (κ2) is 7.46. The van der Waals surface area contributed by atoms with Crippen molar-refractivity contribution in [2.75, 3.05) is 31.8 Å². The molecular formula is C17H25NO6S2. The van der Waals surface area contributed by atoms with Gasteiger partial charge in [0.15, 0.2) is 19.7 Å². The summed E-state index contributed by atoms with van der Waals surface area (Å²) in [6.07, 6.45) is 1.88. The summed E-state index contributed by atoms with van der Waals surface area (Å²) in [6, 6.07) is 4.24. The van der Waals surface area contributed by atoms with Gasteiger partial charge < -0.3 is 14.8 Å². The lowest BCUT2D eigenvalue weighted by atomic mass is 10.2. The monoisotopic (exact) mass is 403 g/mol. The molecule has 26 heavy (non-hydrogen) atoms. The Labute approximate surface area is 154 Å². The zero-order valence-corrected chi connectivity index (χ0v) is 16.6. The Morgan fingerprint density at radius 3 is 2.73 bits per heavy atom. The fourth-order valence-corrected chi connectivity index (χ4v) is 8.53. The third-order valence-electron chi connectivity index (χ3n) is 4.96. The van der Waals surface area contributed by atoms with Gasteiger partial charge in [-0.05, 0) is 37.5 Å². The first-order valence-corrected chi connectivity index (χ1v) is 12.0. The van der Waals surface area contributed by atoms with Crippen LogP contribution < -0.4 is 10.1 Å². The van der Waals surface area contributed by atoms with E-state index in [-0.39, 0.29) is 28.3 Å². The predicted molar refractivity (Wildman–Crippen MR) is 98.1 cm³/mol. The first-order chi connectivity index (χ1) is 12.2. The third kappa shape index (κ3) is 4.05. The molecule has 2 aliphatic rings. The molecule has 2 fully saturated rings. The Morgan fingerprint density at radius 2 is 2.08 bits per heavy atom. The topological polar surface area (TPSA) is 98.8 Å². The van der Waals surface area contributed by atoms with E-state index in [2.05, 4.69) is 5.32 Å². The van der Waals surface area contributed by atoms with Crippen molar-refractivity contribution in [1.82, 2.24) is 5.32 Å². The van der Waals surface area contributed by atoms with Crippen molar-refractivity contribution in [2.45, 2.75) is 42.1 Å². The van der Waals surface area contributed by atoms with Crippen molar-refractivity contribution < 1.29 is 26.3 Å². The Balaban J connectivity index is 1.89. The highest BCUT2D eigenvalue weighted by atomic mass is 32.2. The molecule has 0 amide bonds. The molecule has 2 aliphatic heterocycles. The molecule has 146 valence electrons. The zero-order valence-electron chi connectivity index (χ0n) is 15.0. The van der Waals surface area contributed by atoms with Crippen LogP contribution in [0.15, 0.2) is 23.1 Å². The van der Waals surface area contributed by atoms with E-state index >= 15 is 0 Å². The molecule has 0 saturated carbocycles. The number of ether oxygens (including phenoxy) is 2. The third-order valence-corrected chi connectivity index (χ3v) is 9.13. The molecule has 0 aromatic heterocycles. The molecule has 2 saturated heterocycles. The quantitative estimate of drug-likeness (QED) is 0.747. The summed E-state index contributed by atoms with van der Waals surface area (Å²) in [6.45, 7) is 2.94. The van der Waals surface area contributed by atoms with E-state index < -0.39 is 31.0 Å². The van der Waals surface area contributed by atoms with Crippen LogP contribution >= 0.6 is 0 Å². The fourth-order valence-electron chi connectivity index (χ4n) is 3.57. The average Bonchev–Trinajstić information content (AvgIpc) is 3.20. The van der Waals surface area contributed by atoms with Crippen molar-refractivity contribution in [2.24, 2.45) is 0 Å². The second-order valence-electron chi connectivity index (χ2n) is 6.96. The van der Waals surface area contributed by atoms with E-state index in [9.17, 15) is 16.8 Å². The van der Waals surface area contributed by atoms with Crippen molar-refractivity contribution >= 4 is 19.7 Å². The number of rotatable bonds is 6. The van der Waals surface area contributed by atoms with Crippen molar-refractivity contribution in [3.05, 3.63) is 23.8 Å². The SMILES string of the molecule is COc1ccc(C)cc1S(=O)(=O)[C@@H]1CS(=O)(=O)C[C@@H]1NC[C@@H]1CCCO1. The minimum Gasteiger partial charge on any atom is -0.495 e. The molecule has 0 aliphatic carbocycles. The molecule has 0 spiro atoms. The van der Waals surface area contributed by atoms with Crippen LogP contribution in [0, 0.1) is 6.92 Å². The Hall–Kier alpha value is -1.16. The van der Waals surface area contributed by atoms with Crippen molar-refractivity contribution in [3.8, 4) is 5.75 Å². The summed E-state index contributed by atoms with van der Waals surface area (Å²) in [4.78, 5) is 0.0472. The van der Waals surface area contributed by atoms with Crippen LogP contribution in [0.25, 0.3) is 0 Å². The highest BCUT2D eigenvalue weighted by Crippen LogP contribution is 2.32. The van der Waals surface area contributed by atoms with Gasteiger partial charge >= 0.3 is 0 Å². The minimum absolute atomic E-state index is 0.00941. The summed E-state index contributed by atoms with van der Waals surface area (Å²) < 4.78 is 61.6. The van der Waals surface area contributed by atoms with E-state index in [4.69, 9.17) is 9.47 Å². The van der Waals surface area contributed by atoms with Gasteiger partial charge in [-0.15, -0.1) is 0 Å². The lowest BCUT2D eigenvalue weighted by molar-refractivity contribution is 0.108. The molecule has 2 heterocycles. The van der Waals surface area contributed by atoms with Crippen LogP contribution in [0.5, 0.6) is 5.75 Å². The molecule has 0 unspecified atom stereocenters. The van der Waals surface area contributed by atoms with Crippen LogP contribution in [-0.2, 0) is 24.4 Å². The van der Waals surface area contributed by atoms with Gasteiger partial charge in [0.2, 0.25) is 0 Å². The van der Waals surface area contributed by atoms with Crippen LogP contribution in [0.2, 0.25) is 0 Å². The van der Waals surface area contributed by atoms with Gasteiger partial charge in [0.1, 0.15) is 10.6 Å². The largest absolute Gasteiger partial charge is 0.495 e. The highest BCUT2D eigenvalue weighted by molar-refractivity contribution is 7.96. The second-order valence-corrected chi connectivity index (χ2v) is 11.3. The molecule has 3 atom stereocenters. The maximum absolute atomic E-state index is 13.2. The summed E-state index contributed by atoms with van der Waals surface area (Å²) in [5.41, 5.74) is 0.772. The molecule has 7 nitrogen and oxygen atoms in total. The summed E-state index contributed by atoms with van der Waals surface area (Å²) in [7, 11) is -5.91. The fraction of sp³-hybridized carbons (Fsp3) is 0.647. The van der Waals surface area contributed by atoms with E-state index in [1.54, 1.807) is 19.1 Å². The van der Waals surface area contributed by atoms with Crippen LogP contribution in [0.4, 0.5) is 0 Å². The molecule has 0 radical (unpaired) electrons. The molecule has 1 aromatic rings. The number of hydrogen-bond acceptors (Lipinski definition) is 7. The highest BCUT2D eigenvalue weighted by Gasteiger charge is 2.46. The normalized spacial score (nSPS) is 28.3. The summed E-state index contributed by atoms with van der Waals surface area (Å²) in [5.74, 6) is -0.328. The van der Waals surface area contributed by atoms with Gasteiger partial charge in [-0.2, -0.15) is 0 Å². The van der Waals surface area contributed by atoms with E-state index in [0.717, 1.165) is 18.4 Å². The van der Waals surface area contributed by atoms with E-state index in [1.165, 1.54) is 13.2 Å². The maximum atomic E-state index is 13.2. The standard InChI is InChI=1S/C17H25NO6S2/c1-12-5-6-15(23-2)16(8-12)26(21,22)17-11-25(19,20)10-14(17)18-9-13-4-3-7-24-13/h5-6,8,13-14,17-18H,3-4,7,9-11H2,1-2H3/t13-,14-,17+/m0/s1. The number of benzene rings is 1. The van der Waals surface area contributed by atoms with E-state index in [0.29, 0.717) is 13.2 Å². The number of methoxy groups -OCH3 is 1. The summed E-state index contributed by atoms with van der Waals surface area (Å²) in [5, 5.41) is 2.10. The molecule has 0 bridgehead atoms. The number of nitrogens with one attached hydrogen (secondary N) is 1. The summed E-state index contributed by atoms with van der Waals surface area (Å²) >= 11 is 0. The molecule has 1 aromatic carbocycles. The Kier molecular flexibility index (Phi) is 5.62. The van der Waals surface area contributed by atoms with Gasteiger partial charge in [0, 0.05) is 19.2 Å². The maximum Gasteiger partial charge on any atom is 0.187 e. The number of aryl methyl sites for hydroxylation is 1. The van der Waals surface area contributed by atoms with Gasteiger partial charge in [-0.3, -0.25) is 0 Å². The predicted octanol–water partition coefficient (Wildman–Crippen LogP) is 0.712. The Bertz CT molecular complexity index is 859. The van der Waals surface area contributed by atoms with Crippen molar-refractivity contribution in [1.29, 1.82) is 0 Å². The van der Waals surface area contributed by atoms with Gasteiger partial charge in [-0.25, -0.2) is 16.8 Å². The lowest BCUT2D eigenvalue weighted by Crippen LogP contribution is -2.46. The molecule has 3 rings (SSSR count). The number of hydrogen-bond donors (Lipinski definition) is 1. The molecular weight excluding hydrogens is 378 g/mol. The molecule has 9 heteroatoms. The first kappa shape index (κ1) is 19.6. The van der Waals surface area contributed by atoms with Crippen LogP contribution in [0.3, 0.4) is 0 Å². The van der Waals surface area contributed by atoms with Crippen molar-refractivity contribution in [3.63, 3.8) is 0 Å². The average molecular weight is 404 g/mol. The van der Waals surface area contributed by atoms with Gasteiger partial charge in [-0.1, -0.05) is 6.07 Å². The number of sulfone groups is 2. The van der Waals surface area contributed by atoms with E-state index in [1.807, 2.05) is 0 Å². The first-order valence-electron chi connectivity index (χ1n) is 8.67. The zero-order chi connectivity index (χ0) is 18.9. The smallest absolute Gasteiger partial charge is 0.187 e. The van der Waals surface area contributed by atoms with Gasteiger partial charge in [0.25, 0.3) is 0 Å². The van der Waals surface area contributed by atoms with Crippen LogP contribution in [-0.4, -0.2) is 66.0 Å². The lowest BCUT2D eigenvalue weighted by Gasteiger charge is -2.22. The van der Waals surface area contributed by atoms with Crippen LogP contribution in [0.1, 0.15) is 18.4 Å². The molecule has 1 N–H and O–H groups in total. The van der Waals surface area contributed by atoms with Gasteiger partial charge in [0.05, 0.1) is 30.0 Å². The Morgan fingerprint density at radius 1 is 1.31 bits per heavy atom.